The average Bonchev–Trinajstić information content (AvgIpc) is 3.62. The molecule has 34 heavy (non-hydrogen) atoms. The van der Waals surface area contributed by atoms with Gasteiger partial charge in [0.25, 0.3) is 0 Å². The van der Waals surface area contributed by atoms with Crippen LogP contribution in [0.4, 0.5) is 10.1 Å². The summed E-state index contributed by atoms with van der Waals surface area (Å²) in [4.78, 5) is 12.5. The normalized spacial score (nSPS) is 13.0. The summed E-state index contributed by atoms with van der Waals surface area (Å²) in [6.07, 6.45) is 2.00. The molecule has 0 radical (unpaired) electrons. The van der Waals surface area contributed by atoms with Gasteiger partial charge in [-0.1, -0.05) is 54.2 Å². The number of thioether (sulfide) groups is 1. The van der Waals surface area contributed by atoms with Gasteiger partial charge in [-0.05, 0) is 54.8 Å². The van der Waals surface area contributed by atoms with Crippen LogP contribution in [0.5, 0.6) is 5.75 Å². The van der Waals surface area contributed by atoms with Crippen molar-refractivity contribution in [3.8, 4) is 17.1 Å². The molecule has 3 aromatic carbocycles. The van der Waals surface area contributed by atoms with E-state index in [0.717, 1.165) is 24.2 Å². The van der Waals surface area contributed by atoms with Gasteiger partial charge in [0.15, 0.2) is 11.0 Å². The molecular formula is C26H23FN4O2S. The van der Waals surface area contributed by atoms with Gasteiger partial charge in [-0.15, -0.1) is 10.2 Å². The van der Waals surface area contributed by atoms with Crippen LogP contribution < -0.4 is 10.1 Å². The van der Waals surface area contributed by atoms with Gasteiger partial charge in [0, 0.05) is 11.7 Å². The molecule has 1 amide bonds. The molecule has 1 N–H and O–H groups in total. The number of benzene rings is 3. The van der Waals surface area contributed by atoms with Crippen molar-refractivity contribution in [2.75, 3.05) is 11.1 Å². The second-order valence-electron chi connectivity index (χ2n) is 8.02. The molecular weight excluding hydrogens is 451 g/mol. The number of ether oxygens (including phenoxy) is 1. The Morgan fingerprint density at radius 3 is 2.47 bits per heavy atom. The van der Waals surface area contributed by atoms with Crippen LogP contribution in [-0.4, -0.2) is 26.4 Å². The van der Waals surface area contributed by atoms with Gasteiger partial charge in [0.05, 0.1) is 11.3 Å². The molecule has 1 heterocycles. The standard InChI is InChI=1S/C26H23FN4O2S/c27-23-9-5-4-8-22(23)25-29-30-26(31(25)20-12-13-20)34-17-24(32)28-19-10-14-21(15-11-19)33-16-18-6-2-1-3-7-18/h1-11,14-15,20H,12-13,16-17H2,(H,28,32). The fraction of sp³-hybridized carbons (Fsp3) is 0.192. The van der Waals surface area contributed by atoms with Crippen LogP contribution in [0.3, 0.4) is 0 Å². The minimum Gasteiger partial charge on any atom is -0.489 e. The van der Waals surface area contributed by atoms with Crippen molar-refractivity contribution in [2.45, 2.75) is 30.6 Å². The van der Waals surface area contributed by atoms with Crippen LogP contribution in [0.2, 0.25) is 0 Å². The van der Waals surface area contributed by atoms with E-state index in [1.165, 1.54) is 17.8 Å². The molecule has 0 atom stereocenters. The van der Waals surface area contributed by atoms with E-state index in [2.05, 4.69) is 15.5 Å². The molecule has 1 fully saturated rings. The third-order valence-corrected chi connectivity index (χ3v) is 6.35. The lowest BCUT2D eigenvalue weighted by Crippen LogP contribution is -2.14. The van der Waals surface area contributed by atoms with E-state index < -0.39 is 0 Å². The van der Waals surface area contributed by atoms with Gasteiger partial charge in [0.2, 0.25) is 5.91 Å². The Morgan fingerprint density at radius 2 is 1.74 bits per heavy atom. The Bertz CT molecular complexity index is 1270. The van der Waals surface area contributed by atoms with Gasteiger partial charge in [-0.2, -0.15) is 0 Å². The summed E-state index contributed by atoms with van der Waals surface area (Å²) in [6, 6.07) is 24.0. The van der Waals surface area contributed by atoms with E-state index >= 15 is 0 Å². The predicted molar refractivity (Wildman–Crippen MR) is 130 cm³/mol. The number of aromatic nitrogens is 3. The lowest BCUT2D eigenvalue weighted by atomic mass is 10.2. The van der Waals surface area contributed by atoms with Crippen molar-refractivity contribution in [2.24, 2.45) is 0 Å². The zero-order chi connectivity index (χ0) is 23.3. The SMILES string of the molecule is O=C(CSc1nnc(-c2ccccc2F)n1C1CC1)Nc1ccc(OCc2ccccc2)cc1. The molecule has 1 aliphatic carbocycles. The molecule has 5 rings (SSSR count). The van der Waals surface area contributed by atoms with E-state index in [1.54, 1.807) is 18.2 Å². The third kappa shape index (κ3) is 5.28. The van der Waals surface area contributed by atoms with Gasteiger partial charge >= 0.3 is 0 Å². The Morgan fingerprint density at radius 1 is 1.00 bits per heavy atom. The molecule has 0 bridgehead atoms. The summed E-state index contributed by atoms with van der Waals surface area (Å²) in [7, 11) is 0. The number of halogens is 1. The van der Waals surface area contributed by atoms with Gasteiger partial charge in [-0.25, -0.2) is 4.39 Å². The number of rotatable bonds is 9. The number of nitrogens with one attached hydrogen (secondary N) is 1. The van der Waals surface area contributed by atoms with Crippen molar-refractivity contribution in [1.82, 2.24) is 14.8 Å². The molecule has 8 heteroatoms. The number of nitrogens with zero attached hydrogens (tertiary/aromatic N) is 3. The highest BCUT2D eigenvalue weighted by atomic mass is 32.2. The quantitative estimate of drug-likeness (QED) is 0.314. The zero-order valence-electron chi connectivity index (χ0n) is 18.4. The number of carbonyl (C=O) groups is 1. The van der Waals surface area contributed by atoms with E-state index in [4.69, 9.17) is 4.74 Å². The molecule has 0 aliphatic heterocycles. The fourth-order valence-electron chi connectivity index (χ4n) is 3.57. The van der Waals surface area contributed by atoms with E-state index in [-0.39, 0.29) is 23.5 Å². The van der Waals surface area contributed by atoms with E-state index in [0.29, 0.717) is 28.8 Å². The first-order chi connectivity index (χ1) is 16.7. The number of amides is 1. The maximum absolute atomic E-state index is 14.3. The van der Waals surface area contributed by atoms with Crippen LogP contribution in [0.15, 0.2) is 84.0 Å². The zero-order valence-corrected chi connectivity index (χ0v) is 19.2. The fourth-order valence-corrected chi connectivity index (χ4v) is 4.37. The lowest BCUT2D eigenvalue weighted by Gasteiger charge is -2.10. The topological polar surface area (TPSA) is 69.0 Å². The first-order valence-electron chi connectivity index (χ1n) is 11.1. The Labute approximate surface area is 201 Å². The maximum Gasteiger partial charge on any atom is 0.234 e. The number of hydrogen-bond donors (Lipinski definition) is 1. The molecule has 172 valence electrons. The summed E-state index contributed by atoms with van der Waals surface area (Å²) in [6.45, 7) is 0.486. The van der Waals surface area contributed by atoms with Crippen molar-refractivity contribution in [3.63, 3.8) is 0 Å². The van der Waals surface area contributed by atoms with Crippen molar-refractivity contribution >= 4 is 23.4 Å². The minimum atomic E-state index is -0.331. The molecule has 4 aromatic rings. The minimum absolute atomic E-state index is 0.152. The number of anilines is 1. The van der Waals surface area contributed by atoms with Crippen molar-refractivity contribution < 1.29 is 13.9 Å². The van der Waals surface area contributed by atoms with Gasteiger partial charge in [-0.3, -0.25) is 9.36 Å². The van der Waals surface area contributed by atoms with Crippen LogP contribution >= 0.6 is 11.8 Å². The Hall–Kier alpha value is -3.65. The molecule has 6 nitrogen and oxygen atoms in total. The lowest BCUT2D eigenvalue weighted by molar-refractivity contribution is -0.113. The van der Waals surface area contributed by atoms with Crippen LogP contribution in [-0.2, 0) is 11.4 Å². The number of hydrogen-bond acceptors (Lipinski definition) is 5. The monoisotopic (exact) mass is 474 g/mol. The van der Waals surface area contributed by atoms with Crippen LogP contribution in [0.1, 0.15) is 24.4 Å². The summed E-state index contributed by atoms with van der Waals surface area (Å²) >= 11 is 1.30. The third-order valence-electron chi connectivity index (χ3n) is 5.41. The molecule has 1 aromatic heterocycles. The second-order valence-corrected chi connectivity index (χ2v) is 8.97. The summed E-state index contributed by atoms with van der Waals surface area (Å²) < 4.78 is 22.0. The summed E-state index contributed by atoms with van der Waals surface area (Å²) in [5, 5.41) is 12.0. The van der Waals surface area contributed by atoms with Gasteiger partial charge < -0.3 is 10.1 Å². The van der Waals surface area contributed by atoms with E-state index in [1.807, 2.05) is 59.2 Å². The summed E-state index contributed by atoms with van der Waals surface area (Å²) in [5.41, 5.74) is 2.20. The first-order valence-corrected chi connectivity index (χ1v) is 12.0. The highest BCUT2D eigenvalue weighted by Gasteiger charge is 2.31. The average molecular weight is 475 g/mol. The molecule has 1 aliphatic rings. The smallest absolute Gasteiger partial charge is 0.234 e. The summed E-state index contributed by atoms with van der Waals surface area (Å²) in [5.74, 6) is 0.932. The second kappa shape index (κ2) is 10.1. The largest absolute Gasteiger partial charge is 0.489 e. The van der Waals surface area contributed by atoms with Gasteiger partial charge in [0.1, 0.15) is 18.2 Å². The molecule has 0 unspecified atom stereocenters. The first kappa shape index (κ1) is 22.2. The van der Waals surface area contributed by atoms with Crippen molar-refractivity contribution in [3.05, 3.63) is 90.2 Å². The van der Waals surface area contributed by atoms with Crippen LogP contribution in [0.25, 0.3) is 11.4 Å². The van der Waals surface area contributed by atoms with Crippen molar-refractivity contribution in [1.29, 1.82) is 0 Å². The Kier molecular flexibility index (Phi) is 6.58. The molecule has 1 saturated carbocycles. The highest BCUT2D eigenvalue weighted by molar-refractivity contribution is 7.99. The Balaban J connectivity index is 1.18. The molecule has 0 spiro atoms. The number of carbonyl (C=O) groups excluding carboxylic acids is 1. The van der Waals surface area contributed by atoms with Crippen LogP contribution in [0, 0.1) is 5.82 Å². The highest BCUT2D eigenvalue weighted by Crippen LogP contribution is 2.41. The van der Waals surface area contributed by atoms with E-state index in [9.17, 15) is 9.18 Å². The maximum atomic E-state index is 14.3. The molecule has 0 saturated heterocycles. The predicted octanol–water partition coefficient (Wildman–Crippen LogP) is 5.73.